The Labute approximate surface area is 229 Å². The molecule has 2 aliphatic rings. The van der Waals surface area contributed by atoms with Crippen LogP contribution in [-0.2, 0) is 22.6 Å². The third kappa shape index (κ3) is 6.87. The first kappa shape index (κ1) is 28.8. The van der Waals surface area contributed by atoms with Crippen molar-refractivity contribution in [3.05, 3.63) is 53.3 Å². The van der Waals surface area contributed by atoms with Gasteiger partial charge in [-0.2, -0.15) is 0 Å². The Balaban J connectivity index is 1.63. The van der Waals surface area contributed by atoms with Crippen molar-refractivity contribution in [2.75, 3.05) is 39.6 Å². The number of pyridine rings is 1. The van der Waals surface area contributed by atoms with E-state index in [4.69, 9.17) is 9.47 Å². The maximum absolute atomic E-state index is 13.5. The van der Waals surface area contributed by atoms with Crippen molar-refractivity contribution in [2.24, 2.45) is 5.92 Å². The molecular formula is C29H39N3O7. The molecule has 0 spiro atoms. The number of ether oxygens (including phenoxy) is 2. The highest BCUT2D eigenvalue weighted by atomic mass is 16.7. The number of unbranched alkanes of at least 4 members (excludes halogenated alkanes) is 1. The fraction of sp³-hybridized carbons (Fsp3) is 0.552. The lowest BCUT2D eigenvalue weighted by atomic mass is 9.83. The first-order valence-electron chi connectivity index (χ1n) is 13.8. The average Bonchev–Trinajstić information content (AvgIpc) is 3.56. The molecule has 1 aromatic carbocycles. The summed E-state index contributed by atoms with van der Waals surface area (Å²) in [4.78, 5) is 34.4. The van der Waals surface area contributed by atoms with Crippen molar-refractivity contribution >= 4 is 11.9 Å². The van der Waals surface area contributed by atoms with Gasteiger partial charge < -0.3 is 29.7 Å². The number of fused-ring (bicyclic) bond motifs is 1. The molecule has 212 valence electrons. The minimum Gasteiger partial charge on any atom is -0.481 e. The Morgan fingerprint density at radius 2 is 1.97 bits per heavy atom. The first-order chi connectivity index (χ1) is 19.0. The summed E-state index contributed by atoms with van der Waals surface area (Å²) in [6, 6.07) is 8.88. The fourth-order valence-corrected chi connectivity index (χ4v) is 5.72. The lowest BCUT2D eigenvalue weighted by Gasteiger charge is -2.29. The lowest BCUT2D eigenvalue weighted by Crippen LogP contribution is -2.45. The highest BCUT2D eigenvalue weighted by molar-refractivity contribution is 5.79. The van der Waals surface area contributed by atoms with Crippen LogP contribution in [0, 0.1) is 5.92 Å². The smallest absolute Gasteiger partial charge is 0.308 e. The normalized spacial score (nSPS) is 20.3. The Morgan fingerprint density at radius 1 is 1.15 bits per heavy atom. The van der Waals surface area contributed by atoms with E-state index in [0.717, 1.165) is 24.1 Å². The molecule has 1 aromatic heterocycles. The Hall–Kier alpha value is -3.21. The minimum atomic E-state index is -0.924. The number of carboxylic acids is 1. The second kappa shape index (κ2) is 13.7. The predicted octanol–water partition coefficient (Wildman–Crippen LogP) is 2.42. The summed E-state index contributed by atoms with van der Waals surface area (Å²) in [5.74, 6) is -1.19. The molecule has 10 heteroatoms. The summed E-state index contributed by atoms with van der Waals surface area (Å²) in [5, 5.41) is 29.7. The Kier molecular flexibility index (Phi) is 10.1. The van der Waals surface area contributed by atoms with Crippen LogP contribution in [0.5, 0.6) is 11.5 Å². The number of rotatable bonds is 14. The zero-order valence-electron chi connectivity index (χ0n) is 22.5. The third-order valence-electron chi connectivity index (χ3n) is 7.68. The highest BCUT2D eigenvalue weighted by Crippen LogP contribution is 2.44. The van der Waals surface area contributed by atoms with Crippen LogP contribution in [0.4, 0.5) is 0 Å². The second-order valence-corrected chi connectivity index (χ2v) is 10.2. The SMILES string of the molecule is CCCCN(CCCO)C(=O)CN1C[C@H](c2cc(CO)c3c(c2)OCO3)[C@@H](C(=O)O)[C@@H]1CCc1ccccn1. The summed E-state index contributed by atoms with van der Waals surface area (Å²) in [5.41, 5.74) is 2.17. The molecule has 1 saturated heterocycles. The van der Waals surface area contributed by atoms with E-state index < -0.39 is 23.8 Å². The summed E-state index contributed by atoms with van der Waals surface area (Å²) in [6.45, 7) is 3.41. The van der Waals surface area contributed by atoms with Gasteiger partial charge in [-0.05, 0) is 55.5 Å². The molecule has 10 nitrogen and oxygen atoms in total. The van der Waals surface area contributed by atoms with Crippen LogP contribution >= 0.6 is 0 Å². The third-order valence-corrected chi connectivity index (χ3v) is 7.68. The molecule has 3 N–H and O–H groups in total. The number of aryl methyl sites for hydroxylation is 1. The van der Waals surface area contributed by atoms with Crippen molar-refractivity contribution in [3.8, 4) is 11.5 Å². The highest BCUT2D eigenvalue weighted by Gasteiger charge is 2.47. The number of aliphatic hydroxyl groups excluding tert-OH is 2. The molecule has 3 atom stereocenters. The monoisotopic (exact) mass is 541 g/mol. The zero-order valence-corrected chi connectivity index (χ0v) is 22.5. The number of likely N-dealkylation sites (tertiary alicyclic amines) is 1. The summed E-state index contributed by atoms with van der Waals surface area (Å²) in [6.07, 6.45) is 5.14. The van der Waals surface area contributed by atoms with Crippen molar-refractivity contribution in [1.29, 1.82) is 0 Å². The number of carboxylic acid groups (broad SMARTS) is 1. The van der Waals surface area contributed by atoms with Crippen LogP contribution < -0.4 is 9.47 Å². The maximum Gasteiger partial charge on any atom is 0.308 e. The summed E-state index contributed by atoms with van der Waals surface area (Å²) in [7, 11) is 0. The number of carbonyl (C=O) groups excluding carboxylic acids is 1. The second-order valence-electron chi connectivity index (χ2n) is 10.2. The van der Waals surface area contributed by atoms with E-state index in [1.807, 2.05) is 23.1 Å². The van der Waals surface area contributed by atoms with E-state index in [9.17, 15) is 24.9 Å². The molecule has 1 fully saturated rings. The van der Waals surface area contributed by atoms with Gasteiger partial charge in [-0.25, -0.2) is 0 Å². The molecule has 2 aromatic rings. The quantitative estimate of drug-likeness (QED) is 0.330. The van der Waals surface area contributed by atoms with Gasteiger partial charge in [-0.15, -0.1) is 0 Å². The van der Waals surface area contributed by atoms with E-state index in [2.05, 4.69) is 11.9 Å². The summed E-state index contributed by atoms with van der Waals surface area (Å²) >= 11 is 0. The van der Waals surface area contributed by atoms with Gasteiger partial charge in [-0.1, -0.05) is 19.4 Å². The van der Waals surface area contributed by atoms with Crippen molar-refractivity contribution in [3.63, 3.8) is 0 Å². The van der Waals surface area contributed by atoms with Gasteiger partial charge in [0, 0.05) is 55.7 Å². The van der Waals surface area contributed by atoms with Gasteiger partial charge in [0.25, 0.3) is 0 Å². The number of carbonyl (C=O) groups is 2. The molecule has 0 aliphatic carbocycles. The van der Waals surface area contributed by atoms with E-state index in [1.165, 1.54) is 0 Å². The number of nitrogens with zero attached hydrogens (tertiary/aromatic N) is 3. The van der Waals surface area contributed by atoms with Gasteiger partial charge in [0.2, 0.25) is 12.7 Å². The van der Waals surface area contributed by atoms with Gasteiger partial charge in [0.1, 0.15) is 0 Å². The van der Waals surface area contributed by atoms with Crippen molar-refractivity contribution < 1.29 is 34.4 Å². The number of benzene rings is 1. The Bertz CT molecular complexity index is 1110. The molecule has 0 radical (unpaired) electrons. The lowest BCUT2D eigenvalue weighted by molar-refractivity contribution is -0.143. The van der Waals surface area contributed by atoms with Crippen LogP contribution in [0.2, 0.25) is 0 Å². The topological polar surface area (TPSA) is 133 Å². The molecule has 2 aliphatic heterocycles. The average molecular weight is 542 g/mol. The molecule has 1 amide bonds. The number of amides is 1. The largest absolute Gasteiger partial charge is 0.481 e. The van der Waals surface area contributed by atoms with E-state index >= 15 is 0 Å². The maximum atomic E-state index is 13.5. The fourth-order valence-electron chi connectivity index (χ4n) is 5.72. The number of aromatic nitrogens is 1. The molecule has 4 rings (SSSR count). The number of hydrogen-bond acceptors (Lipinski definition) is 8. The number of hydrogen-bond donors (Lipinski definition) is 3. The molecule has 0 unspecified atom stereocenters. The predicted molar refractivity (Wildman–Crippen MR) is 143 cm³/mol. The van der Waals surface area contributed by atoms with Gasteiger partial charge >= 0.3 is 5.97 Å². The Morgan fingerprint density at radius 3 is 2.67 bits per heavy atom. The standard InChI is InChI=1S/C29H39N3O7/c1-2-3-11-31(12-6-13-33)26(35)17-32-16-23(20-14-21(18-34)28-25(15-20)38-19-39-28)27(29(36)37)24(32)9-8-22-7-4-5-10-30-22/h4-5,7,10,14-15,23-24,27,33-34H,2-3,6,8-9,11-13,16-19H2,1H3,(H,36,37)/t23-,24+,27-/m1/s1. The van der Waals surface area contributed by atoms with Gasteiger partial charge in [0.05, 0.1) is 19.1 Å². The van der Waals surface area contributed by atoms with Crippen LogP contribution in [0.25, 0.3) is 0 Å². The minimum absolute atomic E-state index is 0.00673. The van der Waals surface area contributed by atoms with Crippen LogP contribution in [-0.4, -0.2) is 87.6 Å². The molecule has 0 bridgehead atoms. The summed E-state index contributed by atoms with van der Waals surface area (Å²) < 4.78 is 11.1. The molecule has 0 saturated carbocycles. The van der Waals surface area contributed by atoms with E-state index in [1.54, 1.807) is 23.2 Å². The van der Waals surface area contributed by atoms with Crippen molar-refractivity contribution in [1.82, 2.24) is 14.8 Å². The van der Waals surface area contributed by atoms with Gasteiger partial charge in [-0.3, -0.25) is 19.5 Å². The first-order valence-corrected chi connectivity index (χ1v) is 13.8. The van der Waals surface area contributed by atoms with E-state index in [-0.39, 0.29) is 32.5 Å². The van der Waals surface area contributed by atoms with Gasteiger partial charge in [0.15, 0.2) is 11.5 Å². The van der Waals surface area contributed by atoms with Crippen molar-refractivity contribution in [2.45, 2.75) is 57.6 Å². The molecule has 39 heavy (non-hydrogen) atoms. The molecule has 3 heterocycles. The van der Waals surface area contributed by atoms with Crippen LogP contribution in [0.1, 0.15) is 55.3 Å². The van der Waals surface area contributed by atoms with Crippen LogP contribution in [0.15, 0.2) is 36.5 Å². The number of aliphatic hydroxyl groups is 2. The van der Waals surface area contributed by atoms with E-state index in [0.29, 0.717) is 56.0 Å². The number of aliphatic carboxylic acids is 1. The molecular weight excluding hydrogens is 502 g/mol. The van der Waals surface area contributed by atoms with Crippen LogP contribution in [0.3, 0.4) is 0 Å². The zero-order chi connectivity index (χ0) is 27.8.